The van der Waals surface area contributed by atoms with E-state index in [-0.39, 0.29) is 17.5 Å². The van der Waals surface area contributed by atoms with Crippen LogP contribution in [0.15, 0.2) is 46.9 Å². The quantitative estimate of drug-likeness (QED) is 0.766. The van der Waals surface area contributed by atoms with Gasteiger partial charge in [0.2, 0.25) is 5.89 Å². The summed E-state index contributed by atoms with van der Waals surface area (Å²) in [7, 11) is 3.04. The Morgan fingerprint density at radius 3 is 2.40 bits per heavy atom. The van der Waals surface area contributed by atoms with E-state index in [9.17, 15) is 9.18 Å². The highest BCUT2D eigenvalue weighted by molar-refractivity contribution is 6.03. The third-order valence-corrected chi connectivity index (χ3v) is 3.36. The number of benzene rings is 2. The van der Waals surface area contributed by atoms with Gasteiger partial charge in [0.15, 0.2) is 0 Å². The lowest BCUT2D eigenvalue weighted by Crippen LogP contribution is -2.13. The maximum Gasteiger partial charge on any atom is 0.322 e. The number of anilines is 1. The summed E-state index contributed by atoms with van der Waals surface area (Å²) in [4.78, 5) is 12.1. The van der Waals surface area contributed by atoms with Gasteiger partial charge in [-0.3, -0.25) is 10.1 Å². The van der Waals surface area contributed by atoms with Crippen LogP contribution >= 0.6 is 0 Å². The smallest absolute Gasteiger partial charge is 0.322 e. The van der Waals surface area contributed by atoms with Crippen molar-refractivity contribution in [3.05, 3.63) is 53.8 Å². The fourth-order valence-corrected chi connectivity index (χ4v) is 2.13. The molecule has 0 radical (unpaired) electrons. The Labute approximate surface area is 142 Å². The molecule has 0 aliphatic heterocycles. The summed E-state index contributed by atoms with van der Waals surface area (Å²) in [6, 6.07) is 10.5. The Bertz CT molecular complexity index is 888. The Morgan fingerprint density at radius 2 is 1.76 bits per heavy atom. The number of hydrogen-bond donors (Lipinski definition) is 1. The lowest BCUT2D eigenvalue weighted by atomic mass is 10.2. The summed E-state index contributed by atoms with van der Waals surface area (Å²) < 4.78 is 29.4. The van der Waals surface area contributed by atoms with Gasteiger partial charge < -0.3 is 13.9 Å². The number of nitrogens with one attached hydrogen (secondary N) is 1. The van der Waals surface area contributed by atoms with Crippen LogP contribution in [0.3, 0.4) is 0 Å². The molecule has 0 aliphatic carbocycles. The van der Waals surface area contributed by atoms with Crippen LogP contribution in [0.25, 0.3) is 11.5 Å². The van der Waals surface area contributed by atoms with E-state index in [4.69, 9.17) is 13.9 Å². The summed E-state index contributed by atoms with van der Waals surface area (Å²) >= 11 is 0. The van der Waals surface area contributed by atoms with Crippen LogP contribution < -0.4 is 14.8 Å². The van der Waals surface area contributed by atoms with Gasteiger partial charge in [0.05, 0.1) is 19.8 Å². The second-order valence-corrected chi connectivity index (χ2v) is 4.95. The molecule has 1 amide bonds. The molecule has 0 saturated carbocycles. The van der Waals surface area contributed by atoms with Gasteiger partial charge in [0.25, 0.3) is 5.91 Å². The van der Waals surface area contributed by atoms with Crippen LogP contribution in [-0.4, -0.2) is 30.3 Å². The van der Waals surface area contributed by atoms with Crippen LogP contribution in [0.5, 0.6) is 11.5 Å². The molecule has 0 aliphatic rings. The van der Waals surface area contributed by atoms with Gasteiger partial charge in [0, 0.05) is 11.6 Å². The SMILES string of the molecule is COc1cc(OC)cc(-c2nnc(NC(=O)c3ccccc3F)o2)c1. The summed E-state index contributed by atoms with van der Waals surface area (Å²) in [6.07, 6.45) is 0. The molecule has 0 atom stereocenters. The van der Waals surface area contributed by atoms with Gasteiger partial charge in [-0.25, -0.2) is 4.39 Å². The maximum absolute atomic E-state index is 13.6. The van der Waals surface area contributed by atoms with Crippen LogP contribution in [0.2, 0.25) is 0 Å². The van der Waals surface area contributed by atoms with Crippen molar-refractivity contribution < 1.29 is 23.1 Å². The van der Waals surface area contributed by atoms with Crippen molar-refractivity contribution in [3.63, 3.8) is 0 Å². The van der Waals surface area contributed by atoms with Crippen LogP contribution in [0.4, 0.5) is 10.4 Å². The fraction of sp³-hybridized carbons (Fsp3) is 0.118. The molecule has 1 heterocycles. The number of halogens is 1. The molecule has 2 aromatic carbocycles. The van der Waals surface area contributed by atoms with E-state index in [0.717, 1.165) is 0 Å². The molecule has 0 unspecified atom stereocenters. The minimum Gasteiger partial charge on any atom is -0.497 e. The number of methoxy groups -OCH3 is 2. The Kier molecular flexibility index (Phi) is 4.60. The second-order valence-electron chi connectivity index (χ2n) is 4.95. The van der Waals surface area contributed by atoms with E-state index in [1.165, 1.54) is 32.4 Å². The lowest BCUT2D eigenvalue weighted by Gasteiger charge is -2.05. The van der Waals surface area contributed by atoms with Crippen LogP contribution in [-0.2, 0) is 0 Å². The van der Waals surface area contributed by atoms with Gasteiger partial charge in [-0.2, -0.15) is 0 Å². The van der Waals surface area contributed by atoms with Crippen molar-refractivity contribution >= 4 is 11.9 Å². The third kappa shape index (κ3) is 3.57. The first-order valence-corrected chi connectivity index (χ1v) is 7.23. The van der Waals surface area contributed by atoms with Crippen LogP contribution in [0, 0.1) is 5.82 Å². The minimum absolute atomic E-state index is 0.120. The zero-order valence-electron chi connectivity index (χ0n) is 13.4. The normalized spacial score (nSPS) is 10.4. The number of carbonyl (C=O) groups is 1. The molecule has 128 valence electrons. The molecule has 8 heteroatoms. The first-order valence-electron chi connectivity index (χ1n) is 7.23. The monoisotopic (exact) mass is 343 g/mol. The summed E-state index contributed by atoms with van der Waals surface area (Å²) in [5, 5.41) is 9.98. The Balaban J connectivity index is 1.83. The van der Waals surface area contributed by atoms with E-state index in [1.54, 1.807) is 24.3 Å². The van der Waals surface area contributed by atoms with Gasteiger partial charge in [-0.15, -0.1) is 5.10 Å². The van der Waals surface area contributed by atoms with Gasteiger partial charge in [-0.05, 0) is 24.3 Å². The standard InChI is InChI=1S/C17H14FN3O4/c1-23-11-7-10(8-12(9-11)24-2)16-20-21-17(25-16)19-15(22)13-5-3-4-6-14(13)18/h3-9H,1-2H3,(H,19,21,22). The molecule has 0 spiro atoms. The van der Waals surface area contributed by atoms with E-state index in [1.807, 2.05) is 0 Å². The second kappa shape index (κ2) is 7.00. The summed E-state index contributed by atoms with van der Waals surface area (Å²) in [6.45, 7) is 0. The molecule has 3 aromatic rings. The highest BCUT2D eigenvalue weighted by atomic mass is 19.1. The van der Waals surface area contributed by atoms with Gasteiger partial charge in [0.1, 0.15) is 17.3 Å². The van der Waals surface area contributed by atoms with Gasteiger partial charge in [-0.1, -0.05) is 17.2 Å². The first-order chi connectivity index (χ1) is 12.1. The van der Waals surface area contributed by atoms with Gasteiger partial charge >= 0.3 is 6.01 Å². The molecule has 1 aromatic heterocycles. The number of carbonyl (C=O) groups excluding carboxylic acids is 1. The van der Waals surface area contributed by atoms with E-state index < -0.39 is 11.7 Å². The highest BCUT2D eigenvalue weighted by Crippen LogP contribution is 2.29. The number of amides is 1. The predicted molar refractivity (Wildman–Crippen MR) is 87.2 cm³/mol. The fourth-order valence-electron chi connectivity index (χ4n) is 2.13. The molecule has 0 bridgehead atoms. The topological polar surface area (TPSA) is 86.5 Å². The van der Waals surface area contributed by atoms with Crippen LogP contribution in [0.1, 0.15) is 10.4 Å². The summed E-state index contributed by atoms with van der Waals surface area (Å²) in [5.74, 6) is -0.0798. The van der Waals surface area contributed by atoms with E-state index in [2.05, 4.69) is 15.5 Å². The van der Waals surface area contributed by atoms with Crippen molar-refractivity contribution in [1.29, 1.82) is 0 Å². The minimum atomic E-state index is -0.684. The van der Waals surface area contributed by atoms with Crippen molar-refractivity contribution in [3.8, 4) is 23.0 Å². The molecule has 7 nitrogen and oxygen atoms in total. The molecule has 25 heavy (non-hydrogen) atoms. The number of rotatable bonds is 5. The average Bonchev–Trinajstić information content (AvgIpc) is 3.10. The summed E-state index contributed by atoms with van der Waals surface area (Å²) in [5.41, 5.74) is 0.431. The number of nitrogens with zero attached hydrogens (tertiary/aromatic N) is 2. The number of aromatic nitrogens is 2. The Morgan fingerprint density at radius 1 is 1.08 bits per heavy atom. The maximum atomic E-state index is 13.6. The zero-order valence-corrected chi connectivity index (χ0v) is 13.4. The Hall–Kier alpha value is -3.42. The average molecular weight is 343 g/mol. The van der Waals surface area contributed by atoms with Crippen molar-refractivity contribution in [2.45, 2.75) is 0 Å². The predicted octanol–water partition coefficient (Wildman–Crippen LogP) is 3.15. The van der Waals surface area contributed by atoms with E-state index >= 15 is 0 Å². The first kappa shape index (κ1) is 16.4. The molecule has 3 rings (SSSR count). The lowest BCUT2D eigenvalue weighted by molar-refractivity contribution is 0.102. The molecular weight excluding hydrogens is 329 g/mol. The molecular formula is C17H14FN3O4. The molecule has 0 fully saturated rings. The number of hydrogen-bond acceptors (Lipinski definition) is 6. The van der Waals surface area contributed by atoms with Crippen molar-refractivity contribution in [2.75, 3.05) is 19.5 Å². The highest BCUT2D eigenvalue weighted by Gasteiger charge is 2.16. The third-order valence-electron chi connectivity index (χ3n) is 3.36. The zero-order chi connectivity index (χ0) is 17.8. The largest absolute Gasteiger partial charge is 0.497 e. The van der Waals surface area contributed by atoms with Crippen molar-refractivity contribution in [1.82, 2.24) is 10.2 Å². The number of ether oxygens (including phenoxy) is 2. The van der Waals surface area contributed by atoms with Crippen molar-refractivity contribution in [2.24, 2.45) is 0 Å². The molecule has 0 saturated heterocycles. The molecule has 1 N–H and O–H groups in total. The van der Waals surface area contributed by atoms with E-state index in [0.29, 0.717) is 17.1 Å².